The van der Waals surface area contributed by atoms with Gasteiger partial charge >= 0.3 is 12.1 Å². The number of rotatable bonds is 4. The van der Waals surface area contributed by atoms with Crippen LogP contribution < -0.4 is 5.32 Å². The van der Waals surface area contributed by atoms with Crippen molar-refractivity contribution < 1.29 is 23.1 Å². The van der Waals surface area contributed by atoms with Gasteiger partial charge in [0.15, 0.2) is 0 Å². The van der Waals surface area contributed by atoms with Gasteiger partial charge in [0.1, 0.15) is 6.04 Å². The lowest BCUT2D eigenvalue weighted by molar-refractivity contribution is -0.137. The molecule has 94 valence electrons. The molecule has 0 aromatic heterocycles. The molecule has 1 aromatic rings. The van der Waals surface area contributed by atoms with Crippen LogP contribution in [-0.2, 0) is 11.2 Å². The van der Waals surface area contributed by atoms with Crippen molar-refractivity contribution in [1.29, 1.82) is 0 Å². The number of anilines is 1. The summed E-state index contributed by atoms with van der Waals surface area (Å²) in [5.74, 6) is -1.06. The predicted molar refractivity (Wildman–Crippen MR) is 56.9 cm³/mol. The number of halogens is 3. The number of benzene rings is 1. The lowest BCUT2D eigenvalue weighted by Crippen LogP contribution is -2.25. The topological polar surface area (TPSA) is 49.3 Å². The maximum atomic E-state index is 12.1. The molecule has 0 radical (unpaired) electrons. The van der Waals surface area contributed by atoms with Gasteiger partial charge in [-0.1, -0.05) is 12.1 Å². The van der Waals surface area contributed by atoms with Crippen molar-refractivity contribution in [2.45, 2.75) is 25.6 Å². The molecule has 1 rings (SSSR count). The summed E-state index contributed by atoms with van der Waals surface area (Å²) >= 11 is 0. The van der Waals surface area contributed by atoms with Crippen LogP contribution in [0.2, 0.25) is 0 Å². The first-order valence-corrected chi connectivity index (χ1v) is 4.93. The van der Waals surface area contributed by atoms with Crippen LogP contribution >= 0.6 is 0 Å². The van der Waals surface area contributed by atoms with Gasteiger partial charge in [0.25, 0.3) is 0 Å². The third-order valence-corrected chi connectivity index (χ3v) is 2.09. The van der Waals surface area contributed by atoms with Gasteiger partial charge < -0.3 is 10.4 Å². The van der Waals surface area contributed by atoms with Crippen molar-refractivity contribution in [3.05, 3.63) is 29.8 Å². The van der Waals surface area contributed by atoms with Gasteiger partial charge in [0.05, 0.1) is 6.42 Å². The van der Waals surface area contributed by atoms with E-state index in [1.165, 1.54) is 31.2 Å². The molecule has 0 unspecified atom stereocenters. The Morgan fingerprint density at radius 2 is 2.12 bits per heavy atom. The molecule has 0 aliphatic heterocycles. The summed E-state index contributed by atoms with van der Waals surface area (Å²) in [6, 6.07) is 4.78. The lowest BCUT2D eigenvalue weighted by atomic mass is 10.1. The van der Waals surface area contributed by atoms with Crippen molar-refractivity contribution in [3.63, 3.8) is 0 Å². The summed E-state index contributed by atoms with van der Waals surface area (Å²) in [6.45, 7) is 1.42. The molecule has 6 heteroatoms. The zero-order valence-electron chi connectivity index (χ0n) is 9.08. The minimum absolute atomic E-state index is 0.0973. The highest BCUT2D eigenvalue weighted by molar-refractivity contribution is 5.76. The standard InChI is InChI=1S/C11H12F3NO2/c1-7(10(16)17)15-9-4-2-3-8(5-9)6-11(12,13)14/h2-5,7,15H,6H2,1H3,(H,16,17)/t7-/m1/s1. The highest BCUT2D eigenvalue weighted by atomic mass is 19.4. The Kier molecular flexibility index (Phi) is 3.98. The zero-order valence-corrected chi connectivity index (χ0v) is 9.08. The first-order valence-electron chi connectivity index (χ1n) is 4.93. The minimum atomic E-state index is -4.27. The fraction of sp³-hybridized carbons (Fsp3) is 0.364. The van der Waals surface area contributed by atoms with Gasteiger partial charge in [-0.25, -0.2) is 0 Å². The first kappa shape index (κ1) is 13.3. The molecule has 0 aliphatic carbocycles. The molecule has 1 atom stereocenters. The Morgan fingerprint density at radius 3 is 2.65 bits per heavy atom. The van der Waals surface area contributed by atoms with Crippen molar-refractivity contribution >= 4 is 11.7 Å². The summed E-state index contributed by atoms with van der Waals surface area (Å²) in [7, 11) is 0. The van der Waals surface area contributed by atoms with Crippen LogP contribution in [0.15, 0.2) is 24.3 Å². The number of carbonyl (C=O) groups is 1. The van der Waals surface area contributed by atoms with E-state index in [0.29, 0.717) is 5.69 Å². The smallest absolute Gasteiger partial charge is 0.393 e. The summed E-state index contributed by atoms with van der Waals surface area (Å²) in [5.41, 5.74) is 0.460. The third kappa shape index (κ3) is 4.76. The predicted octanol–water partition coefficient (Wildman–Crippen LogP) is 2.68. The molecule has 0 saturated carbocycles. The van der Waals surface area contributed by atoms with Crippen LogP contribution in [0.25, 0.3) is 0 Å². The normalized spacial score (nSPS) is 13.2. The summed E-state index contributed by atoms with van der Waals surface area (Å²) in [6.07, 6.45) is -5.29. The first-order chi connectivity index (χ1) is 7.78. The molecule has 17 heavy (non-hydrogen) atoms. The lowest BCUT2D eigenvalue weighted by Gasteiger charge is -2.12. The van der Waals surface area contributed by atoms with Gasteiger partial charge in [-0.15, -0.1) is 0 Å². The van der Waals surface area contributed by atoms with E-state index in [-0.39, 0.29) is 5.56 Å². The number of carboxylic acid groups (broad SMARTS) is 1. The Hall–Kier alpha value is -1.72. The van der Waals surface area contributed by atoms with Gasteiger partial charge in [-0.2, -0.15) is 13.2 Å². The molecule has 0 spiro atoms. The quantitative estimate of drug-likeness (QED) is 0.860. The largest absolute Gasteiger partial charge is 0.480 e. The number of hydrogen-bond acceptors (Lipinski definition) is 2. The van der Waals surface area contributed by atoms with E-state index in [0.717, 1.165) is 0 Å². The maximum absolute atomic E-state index is 12.1. The molecule has 3 nitrogen and oxygen atoms in total. The van der Waals surface area contributed by atoms with Gasteiger partial charge in [0, 0.05) is 5.69 Å². The molecule has 0 heterocycles. The van der Waals surface area contributed by atoms with Gasteiger partial charge in [0.2, 0.25) is 0 Å². The fourth-order valence-electron chi connectivity index (χ4n) is 1.31. The Morgan fingerprint density at radius 1 is 1.47 bits per heavy atom. The summed E-state index contributed by atoms with van der Waals surface area (Å²) in [4.78, 5) is 10.6. The van der Waals surface area contributed by atoms with E-state index in [2.05, 4.69) is 5.32 Å². The van der Waals surface area contributed by atoms with E-state index in [1.807, 2.05) is 0 Å². The SMILES string of the molecule is C[C@@H](Nc1cccc(CC(F)(F)F)c1)C(=O)O. The van der Waals surface area contributed by atoms with Crippen molar-refractivity contribution in [2.24, 2.45) is 0 Å². The summed E-state index contributed by atoms with van der Waals surface area (Å²) < 4.78 is 36.4. The molecule has 1 aromatic carbocycles. The van der Waals surface area contributed by atoms with Crippen LogP contribution in [0.5, 0.6) is 0 Å². The van der Waals surface area contributed by atoms with E-state index >= 15 is 0 Å². The molecule has 2 N–H and O–H groups in total. The van der Waals surface area contributed by atoms with Crippen molar-refractivity contribution in [1.82, 2.24) is 0 Å². The van der Waals surface area contributed by atoms with Gasteiger partial charge in [-0.05, 0) is 24.6 Å². The second kappa shape index (κ2) is 5.07. The van der Waals surface area contributed by atoms with Crippen molar-refractivity contribution in [3.8, 4) is 0 Å². The third-order valence-electron chi connectivity index (χ3n) is 2.09. The highest BCUT2D eigenvalue weighted by Crippen LogP contribution is 2.23. The van der Waals surface area contributed by atoms with Crippen molar-refractivity contribution in [2.75, 3.05) is 5.32 Å². The van der Waals surface area contributed by atoms with Crippen LogP contribution in [-0.4, -0.2) is 23.3 Å². The van der Waals surface area contributed by atoms with E-state index in [1.54, 1.807) is 0 Å². The summed E-state index contributed by atoms with van der Waals surface area (Å²) in [5, 5.41) is 11.3. The average Bonchev–Trinajstić information content (AvgIpc) is 2.15. The fourth-order valence-corrected chi connectivity index (χ4v) is 1.31. The molecular weight excluding hydrogens is 235 g/mol. The Labute approximate surface area is 96.3 Å². The highest BCUT2D eigenvalue weighted by Gasteiger charge is 2.27. The van der Waals surface area contributed by atoms with Crippen LogP contribution in [0.1, 0.15) is 12.5 Å². The second-order valence-electron chi connectivity index (χ2n) is 3.70. The molecule has 0 amide bonds. The van der Waals surface area contributed by atoms with Crippen LogP contribution in [0, 0.1) is 0 Å². The molecule has 0 saturated heterocycles. The van der Waals surface area contributed by atoms with Crippen LogP contribution in [0.4, 0.5) is 18.9 Å². The van der Waals surface area contributed by atoms with Gasteiger partial charge in [-0.3, -0.25) is 4.79 Å². The zero-order chi connectivity index (χ0) is 13.1. The average molecular weight is 247 g/mol. The molecule has 0 bridgehead atoms. The molecule has 0 fully saturated rings. The minimum Gasteiger partial charge on any atom is -0.480 e. The number of carboxylic acids is 1. The Balaban J connectivity index is 2.76. The Bertz CT molecular complexity index is 404. The maximum Gasteiger partial charge on any atom is 0.393 e. The van der Waals surface area contributed by atoms with E-state index in [4.69, 9.17) is 5.11 Å². The van der Waals surface area contributed by atoms with Crippen LogP contribution in [0.3, 0.4) is 0 Å². The number of alkyl halides is 3. The van der Waals surface area contributed by atoms with E-state index in [9.17, 15) is 18.0 Å². The monoisotopic (exact) mass is 247 g/mol. The second-order valence-corrected chi connectivity index (χ2v) is 3.70. The number of hydrogen-bond donors (Lipinski definition) is 2. The molecule has 0 aliphatic rings. The number of nitrogens with one attached hydrogen (secondary N) is 1. The number of aliphatic carboxylic acids is 1. The molecular formula is C11H12F3NO2. The van der Waals surface area contributed by atoms with E-state index < -0.39 is 24.6 Å².